The first-order chi connectivity index (χ1) is 14.3. The molecule has 0 saturated heterocycles. The molecule has 5 rings (SSSR count). The van der Waals surface area contributed by atoms with E-state index in [4.69, 9.17) is 25.2 Å². The maximum Gasteiger partial charge on any atom is 0.336 e. The second-order valence-electron chi connectivity index (χ2n) is 7.16. The largest absolute Gasteiger partial charge is 0.504 e. The van der Waals surface area contributed by atoms with Gasteiger partial charge in [0, 0.05) is 28.0 Å². The van der Waals surface area contributed by atoms with Gasteiger partial charge in [-0.1, -0.05) is 11.6 Å². The molecule has 1 atom stereocenters. The van der Waals surface area contributed by atoms with Crippen molar-refractivity contribution in [3.63, 3.8) is 0 Å². The van der Waals surface area contributed by atoms with E-state index >= 15 is 0 Å². The average Bonchev–Trinajstić information content (AvgIpc) is 2.69. The Morgan fingerprint density at radius 3 is 2.70 bits per heavy atom. The summed E-state index contributed by atoms with van der Waals surface area (Å²) < 4.78 is 16.3. The molecule has 0 bridgehead atoms. The van der Waals surface area contributed by atoms with E-state index in [1.54, 1.807) is 19.1 Å². The Hall–Kier alpha value is -3.58. The van der Waals surface area contributed by atoms with Crippen molar-refractivity contribution in [1.82, 2.24) is 0 Å². The highest BCUT2D eigenvalue weighted by atomic mass is 35.5. The molecule has 30 heavy (non-hydrogen) atoms. The fourth-order valence-electron chi connectivity index (χ4n) is 3.91. The third-order valence-corrected chi connectivity index (χ3v) is 5.52. The van der Waals surface area contributed by atoms with Crippen LogP contribution in [0.2, 0.25) is 5.02 Å². The molecule has 0 aliphatic carbocycles. The molecule has 7 nitrogen and oxygen atoms in total. The lowest BCUT2D eigenvalue weighted by Gasteiger charge is -2.25. The zero-order valence-corrected chi connectivity index (χ0v) is 16.3. The van der Waals surface area contributed by atoms with E-state index in [1.165, 1.54) is 24.5 Å². The lowest BCUT2D eigenvalue weighted by atomic mass is 9.85. The van der Waals surface area contributed by atoms with Crippen molar-refractivity contribution in [3.8, 4) is 11.5 Å². The maximum atomic E-state index is 13.2. The van der Waals surface area contributed by atoms with Crippen LogP contribution in [0.5, 0.6) is 11.5 Å². The molecular weight excluding hydrogens is 412 g/mol. The molecule has 150 valence electrons. The zero-order valence-electron chi connectivity index (χ0n) is 15.5. The first-order valence-corrected chi connectivity index (χ1v) is 9.43. The number of esters is 1. The number of carbonyl (C=O) groups is 1. The number of ether oxygens (including phenoxy) is 1. The smallest absolute Gasteiger partial charge is 0.336 e. The van der Waals surface area contributed by atoms with Crippen molar-refractivity contribution in [2.45, 2.75) is 19.3 Å². The summed E-state index contributed by atoms with van der Waals surface area (Å²) in [5, 5.41) is 11.6. The maximum absolute atomic E-state index is 13.2. The fraction of sp³-hybridized carbons (Fsp3) is 0.136. The number of aromatic hydroxyl groups is 1. The minimum Gasteiger partial charge on any atom is -0.504 e. The molecule has 2 aromatic heterocycles. The molecule has 0 saturated carbocycles. The molecule has 2 aromatic carbocycles. The molecule has 1 unspecified atom stereocenters. The summed E-state index contributed by atoms with van der Waals surface area (Å²) in [5.74, 6) is -1.91. The van der Waals surface area contributed by atoms with Gasteiger partial charge in [0.1, 0.15) is 11.2 Å². The van der Waals surface area contributed by atoms with Gasteiger partial charge >= 0.3 is 11.6 Å². The van der Waals surface area contributed by atoms with Gasteiger partial charge in [0.05, 0.1) is 23.6 Å². The normalized spacial score (nSPS) is 15.9. The Morgan fingerprint density at radius 1 is 1.10 bits per heavy atom. The molecule has 0 amide bonds. The number of fused-ring (bicyclic) bond motifs is 4. The van der Waals surface area contributed by atoms with E-state index in [0.29, 0.717) is 21.6 Å². The van der Waals surface area contributed by atoms with Crippen LogP contribution in [0, 0.1) is 6.92 Å². The van der Waals surface area contributed by atoms with Gasteiger partial charge < -0.3 is 18.7 Å². The van der Waals surface area contributed by atoms with Crippen LogP contribution in [0.3, 0.4) is 0 Å². The van der Waals surface area contributed by atoms with E-state index in [-0.39, 0.29) is 45.4 Å². The standard InChI is InChI=1S/C22H13ClO7/c1-9-4-17(25)29-21-11(9)6-15(24)22-19(21)12(7-18(26)30-22)14-8-28-16-3-2-10(23)5-13(16)20(14)27/h2-6,8,12,24H,7H2,1H3. The van der Waals surface area contributed by atoms with Crippen LogP contribution >= 0.6 is 11.6 Å². The SMILES string of the molecule is Cc1cc(=O)oc2c3c(c(O)cc12)OC(=O)CC3c1coc2ccc(Cl)cc2c1=O. The van der Waals surface area contributed by atoms with E-state index in [1.807, 2.05) is 0 Å². The Labute approximate surface area is 173 Å². The van der Waals surface area contributed by atoms with Crippen LogP contribution in [0.15, 0.2) is 55.0 Å². The number of phenols is 1. The van der Waals surface area contributed by atoms with Gasteiger partial charge in [-0.15, -0.1) is 0 Å². The van der Waals surface area contributed by atoms with Gasteiger partial charge in [-0.05, 0) is 36.8 Å². The Bertz CT molecular complexity index is 1500. The van der Waals surface area contributed by atoms with Gasteiger partial charge in [0.2, 0.25) is 0 Å². The number of phenolic OH excluding ortho intramolecular Hbond substituents is 1. The van der Waals surface area contributed by atoms with Crippen molar-refractivity contribution in [3.05, 3.63) is 79.0 Å². The van der Waals surface area contributed by atoms with Crippen molar-refractivity contribution in [2.24, 2.45) is 0 Å². The zero-order chi connectivity index (χ0) is 21.2. The molecule has 0 radical (unpaired) electrons. The highest BCUT2D eigenvalue weighted by molar-refractivity contribution is 6.31. The number of carbonyl (C=O) groups excluding carboxylic acids is 1. The minimum atomic E-state index is -0.847. The van der Waals surface area contributed by atoms with Crippen molar-refractivity contribution >= 4 is 39.5 Å². The molecule has 1 aliphatic rings. The monoisotopic (exact) mass is 424 g/mol. The molecule has 0 fully saturated rings. The summed E-state index contributed by atoms with van der Waals surface area (Å²) in [6.07, 6.45) is 1.08. The Balaban J connectivity index is 1.88. The predicted octanol–water partition coefficient (Wildman–Crippen LogP) is 4.01. The quantitative estimate of drug-likeness (QED) is 0.279. The average molecular weight is 425 g/mol. The number of aryl methyl sites for hydroxylation is 1. The van der Waals surface area contributed by atoms with E-state index in [9.17, 15) is 19.5 Å². The lowest BCUT2D eigenvalue weighted by molar-refractivity contribution is -0.135. The van der Waals surface area contributed by atoms with E-state index < -0.39 is 17.5 Å². The van der Waals surface area contributed by atoms with E-state index in [2.05, 4.69) is 0 Å². The molecule has 3 heterocycles. The third-order valence-electron chi connectivity index (χ3n) is 5.28. The highest BCUT2D eigenvalue weighted by Gasteiger charge is 2.36. The molecule has 4 aromatic rings. The van der Waals surface area contributed by atoms with Crippen LogP contribution in [-0.2, 0) is 4.79 Å². The summed E-state index contributed by atoms with van der Waals surface area (Å²) in [4.78, 5) is 37.5. The van der Waals surface area contributed by atoms with Gasteiger partial charge in [-0.2, -0.15) is 0 Å². The first-order valence-electron chi connectivity index (χ1n) is 9.05. The minimum absolute atomic E-state index is 0.136. The van der Waals surface area contributed by atoms with Crippen molar-refractivity contribution in [2.75, 3.05) is 0 Å². The molecule has 1 aliphatic heterocycles. The van der Waals surface area contributed by atoms with Gasteiger partial charge in [-0.25, -0.2) is 4.79 Å². The van der Waals surface area contributed by atoms with Crippen molar-refractivity contribution in [1.29, 1.82) is 0 Å². The molecule has 8 heteroatoms. The van der Waals surface area contributed by atoms with Gasteiger partial charge in [0.25, 0.3) is 0 Å². The molecule has 1 N–H and O–H groups in total. The van der Waals surface area contributed by atoms with Gasteiger partial charge in [0.15, 0.2) is 16.9 Å². The number of hydrogen-bond donors (Lipinski definition) is 1. The summed E-state index contributed by atoms with van der Waals surface area (Å²) in [7, 11) is 0. The first kappa shape index (κ1) is 18.4. The lowest BCUT2D eigenvalue weighted by Crippen LogP contribution is -2.25. The van der Waals surface area contributed by atoms with Crippen LogP contribution in [0.25, 0.3) is 21.9 Å². The van der Waals surface area contributed by atoms with Crippen LogP contribution in [0.4, 0.5) is 0 Å². The topological polar surface area (TPSA) is 107 Å². The van der Waals surface area contributed by atoms with Crippen LogP contribution in [-0.4, -0.2) is 11.1 Å². The number of rotatable bonds is 1. The summed E-state index contributed by atoms with van der Waals surface area (Å²) >= 11 is 6.03. The summed E-state index contributed by atoms with van der Waals surface area (Å²) in [5.41, 5.74) is 0.507. The summed E-state index contributed by atoms with van der Waals surface area (Å²) in [6.45, 7) is 1.70. The third kappa shape index (κ3) is 2.70. The second-order valence-corrected chi connectivity index (χ2v) is 7.59. The second kappa shape index (κ2) is 6.47. The molecule has 0 spiro atoms. The Morgan fingerprint density at radius 2 is 1.90 bits per heavy atom. The van der Waals surface area contributed by atoms with E-state index in [0.717, 1.165) is 0 Å². The fourth-order valence-corrected chi connectivity index (χ4v) is 4.09. The van der Waals surface area contributed by atoms with Gasteiger partial charge in [-0.3, -0.25) is 9.59 Å². The number of benzene rings is 2. The highest BCUT2D eigenvalue weighted by Crippen LogP contribution is 2.47. The number of halogens is 1. The summed E-state index contributed by atoms with van der Waals surface area (Å²) in [6, 6.07) is 7.33. The molecular formula is C22H13ClO7. The number of hydrogen-bond acceptors (Lipinski definition) is 7. The predicted molar refractivity (Wildman–Crippen MR) is 108 cm³/mol. The van der Waals surface area contributed by atoms with Crippen LogP contribution in [0.1, 0.15) is 29.0 Å². The Kier molecular flexibility index (Phi) is 3.98. The van der Waals surface area contributed by atoms with Crippen LogP contribution < -0.4 is 15.8 Å². The van der Waals surface area contributed by atoms with Crippen molar-refractivity contribution < 1.29 is 23.5 Å².